The van der Waals surface area contributed by atoms with Crippen LogP contribution in [-0.2, 0) is 7.05 Å². The number of halogens is 1. The molecule has 3 rings (SSSR count). The number of carbonyl (C=O) groups is 1. The fourth-order valence-electron chi connectivity index (χ4n) is 2.41. The first-order valence-electron chi connectivity index (χ1n) is 8.07. The molecule has 1 heterocycles. The van der Waals surface area contributed by atoms with Gasteiger partial charge in [-0.25, -0.2) is 0 Å². The van der Waals surface area contributed by atoms with E-state index in [1.807, 2.05) is 73.1 Å². The van der Waals surface area contributed by atoms with E-state index >= 15 is 0 Å². The Balaban J connectivity index is 1.63. The van der Waals surface area contributed by atoms with Gasteiger partial charge in [-0.1, -0.05) is 58.0 Å². The van der Waals surface area contributed by atoms with Crippen molar-refractivity contribution < 1.29 is 9.53 Å². The molecule has 0 saturated carbocycles. The summed E-state index contributed by atoms with van der Waals surface area (Å²) in [5.41, 5.74) is 0.684. The van der Waals surface area contributed by atoms with Crippen molar-refractivity contribution in [3.05, 3.63) is 70.5 Å². The number of thioether (sulfide) groups is 1. The lowest BCUT2D eigenvalue weighted by molar-refractivity contribution is 0.102. The highest BCUT2D eigenvalue weighted by Crippen LogP contribution is 2.24. The first-order chi connectivity index (χ1) is 12.5. The van der Waals surface area contributed by atoms with Crippen LogP contribution in [0.3, 0.4) is 0 Å². The predicted molar refractivity (Wildman–Crippen MR) is 106 cm³/mol. The maximum Gasteiger partial charge on any atom is 0.191 e. The normalized spacial score (nSPS) is 12.0. The smallest absolute Gasteiger partial charge is 0.191 e. The molecule has 0 aliphatic carbocycles. The zero-order valence-corrected chi connectivity index (χ0v) is 16.8. The van der Waals surface area contributed by atoms with Crippen LogP contribution in [0.5, 0.6) is 5.75 Å². The quantitative estimate of drug-likeness (QED) is 0.401. The summed E-state index contributed by atoms with van der Waals surface area (Å²) in [6.45, 7) is 1.93. The number of para-hydroxylation sites is 1. The van der Waals surface area contributed by atoms with Gasteiger partial charge in [0.1, 0.15) is 5.75 Å². The summed E-state index contributed by atoms with van der Waals surface area (Å²) in [6, 6.07) is 16.9. The molecular formula is C19H18BrN3O2S. The molecule has 5 nitrogen and oxygen atoms in total. The summed E-state index contributed by atoms with van der Waals surface area (Å²) >= 11 is 4.74. The highest BCUT2D eigenvalue weighted by atomic mass is 79.9. The number of aromatic nitrogens is 3. The predicted octanol–water partition coefficient (Wildman–Crippen LogP) is 4.69. The average molecular weight is 432 g/mol. The van der Waals surface area contributed by atoms with Gasteiger partial charge in [0.25, 0.3) is 0 Å². The van der Waals surface area contributed by atoms with Crippen molar-refractivity contribution in [3.63, 3.8) is 0 Å². The van der Waals surface area contributed by atoms with Gasteiger partial charge in [0.2, 0.25) is 0 Å². The number of Topliss-reactive ketones (excluding diaryl/α,β-unsaturated/α-hetero) is 1. The number of hydrogen-bond acceptors (Lipinski definition) is 5. The van der Waals surface area contributed by atoms with Crippen LogP contribution in [0, 0.1) is 0 Å². The fourth-order valence-corrected chi connectivity index (χ4v) is 3.49. The van der Waals surface area contributed by atoms with E-state index in [-0.39, 0.29) is 11.9 Å². The van der Waals surface area contributed by atoms with E-state index in [0.29, 0.717) is 22.3 Å². The largest absolute Gasteiger partial charge is 0.483 e. The summed E-state index contributed by atoms with van der Waals surface area (Å²) < 4.78 is 8.72. The van der Waals surface area contributed by atoms with Crippen molar-refractivity contribution in [2.45, 2.75) is 18.2 Å². The molecule has 0 radical (unpaired) electrons. The molecule has 0 amide bonds. The van der Waals surface area contributed by atoms with E-state index in [1.165, 1.54) is 11.8 Å². The lowest BCUT2D eigenvalue weighted by Gasteiger charge is -2.14. The van der Waals surface area contributed by atoms with Gasteiger partial charge in [0.05, 0.1) is 5.75 Å². The third-order valence-corrected chi connectivity index (χ3v) is 5.34. The second kappa shape index (κ2) is 8.51. The summed E-state index contributed by atoms with van der Waals surface area (Å²) in [5.74, 6) is 1.86. The monoisotopic (exact) mass is 431 g/mol. The van der Waals surface area contributed by atoms with Gasteiger partial charge in [0, 0.05) is 17.1 Å². The van der Waals surface area contributed by atoms with Crippen molar-refractivity contribution >= 4 is 33.5 Å². The summed E-state index contributed by atoms with van der Waals surface area (Å²) in [7, 11) is 1.88. The molecule has 1 aromatic heterocycles. The summed E-state index contributed by atoms with van der Waals surface area (Å²) in [4.78, 5) is 12.3. The third kappa shape index (κ3) is 4.53. The second-order valence-electron chi connectivity index (χ2n) is 5.69. The second-order valence-corrected chi connectivity index (χ2v) is 7.55. The van der Waals surface area contributed by atoms with E-state index in [4.69, 9.17) is 4.74 Å². The molecule has 0 aliphatic heterocycles. The maximum atomic E-state index is 12.3. The Morgan fingerprint density at radius 2 is 1.85 bits per heavy atom. The van der Waals surface area contributed by atoms with Crippen LogP contribution in [0.4, 0.5) is 0 Å². The molecule has 134 valence electrons. The zero-order valence-electron chi connectivity index (χ0n) is 14.4. The van der Waals surface area contributed by atoms with Gasteiger partial charge >= 0.3 is 0 Å². The summed E-state index contributed by atoms with van der Waals surface area (Å²) in [5, 5.41) is 9.11. The number of rotatable bonds is 7. The van der Waals surface area contributed by atoms with Crippen LogP contribution in [0.15, 0.2) is 64.2 Å². The van der Waals surface area contributed by atoms with E-state index < -0.39 is 0 Å². The van der Waals surface area contributed by atoms with Crippen LogP contribution in [0.2, 0.25) is 0 Å². The molecule has 0 spiro atoms. The lowest BCUT2D eigenvalue weighted by Crippen LogP contribution is -2.10. The first-order valence-corrected chi connectivity index (χ1v) is 9.85. The van der Waals surface area contributed by atoms with E-state index in [1.54, 1.807) is 0 Å². The minimum Gasteiger partial charge on any atom is -0.483 e. The number of benzene rings is 2. The Hall–Kier alpha value is -2.12. The molecule has 0 fully saturated rings. The summed E-state index contributed by atoms with van der Waals surface area (Å²) in [6.07, 6.45) is -0.244. The first kappa shape index (κ1) is 18.7. The molecule has 7 heteroatoms. The lowest BCUT2D eigenvalue weighted by atomic mass is 10.2. The Morgan fingerprint density at radius 3 is 2.54 bits per heavy atom. The minimum atomic E-state index is -0.244. The number of nitrogens with zero attached hydrogens (tertiary/aromatic N) is 3. The Labute approximate surface area is 164 Å². The van der Waals surface area contributed by atoms with Gasteiger partial charge in [-0.05, 0) is 31.2 Å². The average Bonchev–Trinajstić information content (AvgIpc) is 3.02. The van der Waals surface area contributed by atoms with Gasteiger partial charge < -0.3 is 9.30 Å². The number of hydrogen-bond donors (Lipinski definition) is 0. The highest BCUT2D eigenvalue weighted by molar-refractivity contribution is 9.10. The van der Waals surface area contributed by atoms with E-state index in [0.717, 1.165) is 10.2 Å². The Kier molecular flexibility index (Phi) is 6.11. The molecule has 0 N–H and O–H groups in total. The molecule has 0 bridgehead atoms. The molecular weight excluding hydrogens is 414 g/mol. The SMILES string of the molecule is C[C@H](Oc1ccccc1)c1nnc(SCC(=O)c2ccc(Br)cc2)n1C. The van der Waals surface area contributed by atoms with Crippen molar-refractivity contribution in [3.8, 4) is 5.75 Å². The Morgan fingerprint density at radius 1 is 1.15 bits per heavy atom. The number of ketones is 1. The topological polar surface area (TPSA) is 57.0 Å². The molecule has 0 unspecified atom stereocenters. The zero-order chi connectivity index (χ0) is 18.5. The van der Waals surface area contributed by atoms with Crippen LogP contribution in [0.25, 0.3) is 0 Å². The van der Waals surface area contributed by atoms with Crippen molar-refractivity contribution in [2.24, 2.45) is 7.05 Å². The van der Waals surface area contributed by atoms with Crippen LogP contribution in [-0.4, -0.2) is 26.3 Å². The minimum absolute atomic E-state index is 0.0561. The Bertz CT molecular complexity index is 882. The molecule has 3 aromatic rings. The van der Waals surface area contributed by atoms with Crippen LogP contribution >= 0.6 is 27.7 Å². The van der Waals surface area contributed by atoms with Crippen LogP contribution < -0.4 is 4.74 Å². The van der Waals surface area contributed by atoms with Crippen molar-refractivity contribution in [2.75, 3.05) is 5.75 Å². The van der Waals surface area contributed by atoms with E-state index in [9.17, 15) is 4.79 Å². The van der Waals surface area contributed by atoms with Crippen LogP contribution in [0.1, 0.15) is 29.2 Å². The third-order valence-electron chi connectivity index (χ3n) is 3.79. The molecule has 2 aromatic carbocycles. The fraction of sp³-hybridized carbons (Fsp3) is 0.211. The highest BCUT2D eigenvalue weighted by Gasteiger charge is 2.18. The van der Waals surface area contributed by atoms with Gasteiger partial charge in [-0.2, -0.15) is 0 Å². The standard InChI is InChI=1S/C19H18BrN3O2S/c1-13(25-16-6-4-3-5-7-16)18-21-22-19(23(18)2)26-12-17(24)14-8-10-15(20)11-9-14/h3-11,13H,12H2,1-2H3/t13-/m0/s1. The van der Waals surface area contributed by atoms with Crippen molar-refractivity contribution in [1.82, 2.24) is 14.8 Å². The maximum absolute atomic E-state index is 12.3. The van der Waals surface area contributed by atoms with Gasteiger partial charge in [-0.3, -0.25) is 4.79 Å². The van der Waals surface area contributed by atoms with Gasteiger partial charge in [0.15, 0.2) is 22.9 Å². The molecule has 0 saturated heterocycles. The number of ether oxygens (including phenoxy) is 1. The molecule has 1 atom stereocenters. The number of carbonyl (C=O) groups excluding carboxylic acids is 1. The van der Waals surface area contributed by atoms with Crippen molar-refractivity contribution in [1.29, 1.82) is 0 Å². The molecule has 26 heavy (non-hydrogen) atoms. The van der Waals surface area contributed by atoms with Gasteiger partial charge in [-0.15, -0.1) is 10.2 Å². The molecule has 0 aliphatic rings. The van der Waals surface area contributed by atoms with E-state index in [2.05, 4.69) is 26.1 Å².